The van der Waals surface area contributed by atoms with Gasteiger partial charge in [0.1, 0.15) is 24.6 Å². The number of rotatable bonds is 11. The van der Waals surface area contributed by atoms with Gasteiger partial charge in [-0.2, -0.15) is 0 Å². The van der Waals surface area contributed by atoms with Crippen molar-refractivity contribution in [3.63, 3.8) is 0 Å². The summed E-state index contributed by atoms with van der Waals surface area (Å²) in [5.74, 6) is 1.64. The summed E-state index contributed by atoms with van der Waals surface area (Å²) in [5.41, 5.74) is 0.452. The number of carbonyl (C=O) groups is 2. The summed E-state index contributed by atoms with van der Waals surface area (Å²) < 4.78 is 13.7. The van der Waals surface area contributed by atoms with Crippen molar-refractivity contribution in [1.29, 1.82) is 0 Å². The van der Waals surface area contributed by atoms with Crippen molar-refractivity contribution in [2.24, 2.45) is 17.8 Å². The molecule has 3 aliphatic rings. The summed E-state index contributed by atoms with van der Waals surface area (Å²) in [6.45, 7) is 6.65. The zero-order valence-electron chi connectivity index (χ0n) is 26.1. The van der Waals surface area contributed by atoms with Crippen molar-refractivity contribution in [1.82, 2.24) is 10.2 Å². The number of hydrogen-bond acceptors (Lipinski definition) is 6. The van der Waals surface area contributed by atoms with Gasteiger partial charge < -0.3 is 29.9 Å². The zero-order valence-corrected chi connectivity index (χ0v) is 28.2. The van der Waals surface area contributed by atoms with E-state index in [0.29, 0.717) is 29.1 Å². The van der Waals surface area contributed by atoms with Gasteiger partial charge >= 0.3 is 0 Å². The van der Waals surface area contributed by atoms with E-state index in [-0.39, 0.29) is 50.1 Å². The Balaban J connectivity index is 1.62. The Morgan fingerprint density at radius 2 is 1.81 bits per heavy atom. The maximum absolute atomic E-state index is 14.3. The van der Waals surface area contributed by atoms with E-state index in [4.69, 9.17) is 9.47 Å². The lowest BCUT2D eigenvalue weighted by Crippen LogP contribution is -2.59. The van der Waals surface area contributed by atoms with E-state index in [1.807, 2.05) is 29.2 Å². The highest BCUT2D eigenvalue weighted by Gasteiger charge is 2.43. The minimum absolute atomic E-state index is 0.0296. The number of amides is 2. The van der Waals surface area contributed by atoms with E-state index in [1.54, 1.807) is 6.08 Å². The van der Waals surface area contributed by atoms with Gasteiger partial charge in [-0.1, -0.05) is 65.0 Å². The average Bonchev–Trinajstić information content (AvgIpc) is 3.27. The summed E-state index contributed by atoms with van der Waals surface area (Å²) >= 11 is 2.19. The largest absolute Gasteiger partial charge is 0.482 e. The first-order valence-corrected chi connectivity index (χ1v) is 17.4. The predicted octanol–water partition coefficient (Wildman–Crippen LogP) is 5.24. The Morgan fingerprint density at radius 3 is 2.49 bits per heavy atom. The van der Waals surface area contributed by atoms with E-state index in [0.717, 1.165) is 54.9 Å². The van der Waals surface area contributed by atoms with Crippen LogP contribution in [0.1, 0.15) is 85.0 Å². The molecule has 0 heterocycles. The number of hydrogen-bond donors (Lipinski definition) is 3. The smallest absolute Gasteiger partial charge is 0.249 e. The number of aliphatic hydroxyl groups excluding tert-OH is 2. The molecule has 0 aromatic heterocycles. The van der Waals surface area contributed by atoms with Crippen LogP contribution in [-0.4, -0.2) is 77.1 Å². The molecule has 9 heteroatoms. The third-order valence-corrected chi connectivity index (χ3v) is 10.5. The van der Waals surface area contributed by atoms with Crippen LogP contribution < -0.4 is 10.1 Å². The van der Waals surface area contributed by atoms with Crippen LogP contribution in [0, 0.1) is 21.3 Å². The van der Waals surface area contributed by atoms with Crippen molar-refractivity contribution in [3.8, 4) is 5.75 Å². The highest BCUT2D eigenvalue weighted by molar-refractivity contribution is 14.1. The Kier molecular flexibility index (Phi) is 13.2. The Labute approximate surface area is 271 Å². The highest BCUT2D eigenvalue weighted by Crippen LogP contribution is 2.36. The fraction of sp³-hybridized carbons (Fsp3) is 0.706. The van der Waals surface area contributed by atoms with Gasteiger partial charge in [0.15, 0.2) is 0 Å². The molecule has 4 rings (SSSR count). The normalized spacial score (nSPS) is 28.6. The molecule has 0 aliphatic heterocycles. The van der Waals surface area contributed by atoms with Crippen molar-refractivity contribution in [2.45, 2.75) is 115 Å². The van der Waals surface area contributed by atoms with E-state index in [2.05, 4.69) is 48.7 Å². The van der Waals surface area contributed by atoms with Crippen molar-refractivity contribution in [2.75, 3.05) is 19.8 Å². The van der Waals surface area contributed by atoms with Crippen molar-refractivity contribution in [3.05, 3.63) is 39.5 Å². The first-order valence-electron chi connectivity index (χ1n) is 16.3. The third kappa shape index (κ3) is 9.17. The molecule has 2 fully saturated rings. The van der Waals surface area contributed by atoms with Crippen LogP contribution in [0.3, 0.4) is 0 Å². The molecule has 3 N–H and O–H groups in total. The van der Waals surface area contributed by atoms with E-state index < -0.39 is 18.2 Å². The van der Waals surface area contributed by atoms with Crippen molar-refractivity contribution < 1.29 is 29.3 Å². The summed E-state index contributed by atoms with van der Waals surface area (Å²) in [5, 5.41) is 23.9. The highest BCUT2D eigenvalue weighted by atomic mass is 127. The minimum Gasteiger partial charge on any atom is -0.482 e. The van der Waals surface area contributed by atoms with Crippen LogP contribution in [0.25, 0.3) is 0 Å². The molecule has 240 valence electrons. The maximum atomic E-state index is 14.3. The third-order valence-electron chi connectivity index (χ3n) is 9.56. The molecule has 3 aliphatic carbocycles. The summed E-state index contributed by atoms with van der Waals surface area (Å²) in [7, 11) is 0. The average molecular weight is 711 g/mol. The topological polar surface area (TPSA) is 108 Å². The lowest BCUT2D eigenvalue weighted by Gasteiger charge is -2.44. The van der Waals surface area contributed by atoms with E-state index in [9.17, 15) is 19.8 Å². The van der Waals surface area contributed by atoms with Crippen molar-refractivity contribution >= 4 is 34.4 Å². The monoisotopic (exact) mass is 710 g/mol. The summed E-state index contributed by atoms with van der Waals surface area (Å²) in [4.78, 5) is 29.3. The second-order valence-electron chi connectivity index (χ2n) is 13.1. The number of benzene rings is 1. The first-order chi connectivity index (χ1) is 20.7. The quantitative estimate of drug-likeness (QED) is 0.215. The molecule has 2 saturated carbocycles. The molecular formula is C34H51IN2O6. The number of carbonyl (C=O) groups excluding carboxylic acids is 2. The fourth-order valence-corrected chi connectivity index (χ4v) is 7.70. The number of nitrogens with one attached hydrogen (secondary N) is 1. The molecule has 2 amide bonds. The number of aliphatic hydroxyl groups is 2. The molecule has 0 radical (unpaired) electrons. The van der Waals surface area contributed by atoms with Gasteiger partial charge in [0.2, 0.25) is 11.8 Å². The molecule has 0 unspecified atom stereocenters. The number of para-hydroxylation sites is 1. The summed E-state index contributed by atoms with van der Waals surface area (Å²) in [6, 6.07) is 6.88. The predicted molar refractivity (Wildman–Crippen MR) is 176 cm³/mol. The van der Waals surface area contributed by atoms with Gasteiger partial charge in [-0.25, -0.2) is 0 Å². The van der Waals surface area contributed by atoms with E-state index >= 15 is 0 Å². The molecule has 0 spiro atoms. The number of halogens is 1. The van der Waals surface area contributed by atoms with Gasteiger partial charge in [-0.15, -0.1) is 0 Å². The van der Waals surface area contributed by atoms with Crippen LogP contribution in [0.4, 0.5) is 0 Å². The SMILES string of the molecule is CC(C)[C@H]1CC[C@H](C)C[C@@H]1OCC(=O)N(C1CCCCCC1)[C@@H]1CC(C(=O)NCCO)=C[C@H](Oc2ccccc2I)[C@H]1O. The standard InChI is InChI=1S/C34H51IN2O6/c1-22(2)26-15-14-23(3)18-30(26)42-21-32(39)37(25-10-6-4-5-7-11-25)28-19-24(34(41)36-16-17-38)20-31(33(28)40)43-29-13-9-8-12-27(29)35/h8-9,12-13,20,22-23,25-26,28,30-31,33,38,40H,4-7,10-11,14-19,21H2,1-3H3,(H,36,41)/t23-,26+,28+,30-,31-,33-/m0/s1. The second kappa shape index (κ2) is 16.6. The molecule has 0 saturated heterocycles. The van der Waals surface area contributed by atoms with Crippen LogP contribution >= 0.6 is 22.6 Å². The maximum Gasteiger partial charge on any atom is 0.249 e. The van der Waals surface area contributed by atoms with Crippen LogP contribution in [-0.2, 0) is 14.3 Å². The molecule has 1 aromatic carbocycles. The fourth-order valence-electron chi connectivity index (χ4n) is 7.19. The van der Waals surface area contributed by atoms with Gasteiger partial charge in [-0.3, -0.25) is 9.59 Å². The van der Waals surface area contributed by atoms with Gasteiger partial charge in [0.05, 0.1) is 22.3 Å². The molecular weight excluding hydrogens is 659 g/mol. The molecule has 43 heavy (non-hydrogen) atoms. The molecule has 6 atom stereocenters. The summed E-state index contributed by atoms with van der Waals surface area (Å²) in [6.07, 6.45) is 9.36. The first kappa shape index (κ1) is 34.2. The minimum atomic E-state index is -1.03. The van der Waals surface area contributed by atoms with Gasteiger partial charge in [0, 0.05) is 24.6 Å². The van der Waals surface area contributed by atoms with Gasteiger partial charge in [-0.05, 0) is 84.2 Å². The van der Waals surface area contributed by atoms with Gasteiger partial charge in [0.25, 0.3) is 0 Å². The van der Waals surface area contributed by atoms with Crippen LogP contribution in [0.5, 0.6) is 5.75 Å². The lowest BCUT2D eigenvalue weighted by molar-refractivity contribution is -0.152. The van der Waals surface area contributed by atoms with Crippen LogP contribution in [0.15, 0.2) is 35.9 Å². The molecule has 1 aromatic rings. The number of ether oxygens (including phenoxy) is 2. The van der Waals surface area contributed by atoms with E-state index in [1.165, 1.54) is 6.42 Å². The molecule has 8 nitrogen and oxygen atoms in total. The van der Waals surface area contributed by atoms with Crippen LogP contribution in [0.2, 0.25) is 0 Å². The lowest BCUT2D eigenvalue weighted by atomic mass is 9.75. The Hall–Kier alpha value is -1.69. The zero-order chi connectivity index (χ0) is 30.9. The number of nitrogens with zero attached hydrogens (tertiary/aromatic N) is 1. The Morgan fingerprint density at radius 1 is 1.09 bits per heavy atom. The Bertz CT molecular complexity index is 1090. The molecule has 0 bridgehead atoms. The second-order valence-corrected chi connectivity index (χ2v) is 14.2.